The lowest BCUT2D eigenvalue weighted by atomic mass is 9.50. The quantitative estimate of drug-likeness (QED) is 0.312. The first-order chi connectivity index (χ1) is 15.6. The number of ether oxygens (including phenoxy) is 1. The van der Waals surface area contributed by atoms with E-state index >= 15 is 0 Å². The van der Waals surface area contributed by atoms with Crippen LogP contribution in [0.3, 0.4) is 0 Å². The van der Waals surface area contributed by atoms with Gasteiger partial charge in [0, 0.05) is 7.11 Å². The number of hydrogen-bond acceptors (Lipinski definition) is 2. The molecule has 0 bridgehead atoms. The van der Waals surface area contributed by atoms with Gasteiger partial charge in [0.15, 0.2) is 0 Å². The van der Waals surface area contributed by atoms with Crippen LogP contribution in [0.25, 0.3) is 0 Å². The van der Waals surface area contributed by atoms with Gasteiger partial charge in [0.05, 0.1) is 12.2 Å². The third-order valence-corrected chi connectivity index (χ3v) is 9.57. The molecule has 188 valence electrons. The molecule has 1 N–H and O–H groups in total. The molecule has 6 unspecified atom stereocenters. The first-order valence-corrected chi connectivity index (χ1v) is 14.5. The zero-order valence-electron chi connectivity index (χ0n) is 22.7. The number of hydrogen-bond donors (Lipinski definition) is 1. The average molecular weight is 449 g/mol. The summed E-state index contributed by atoms with van der Waals surface area (Å²) in [4.78, 5) is 0. The molecule has 0 aliphatic heterocycles. The normalized spacial score (nSPS) is 38.6. The molecule has 0 radical (unpaired) electrons. The summed E-state index contributed by atoms with van der Waals surface area (Å²) in [5.41, 5.74) is 1.98. The third kappa shape index (κ3) is 5.83. The largest absolute Gasteiger partial charge is 0.393 e. The van der Waals surface area contributed by atoms with Crippen molar-refractivity contribution in [3.63, 3.8) is 0 Å². The van der Waals surface area contributed by atoms with E-state index in [1.54, 1.807) is 5.57 Å². The van der Waals surface area contributed by atoms with Gasteiger partial charge < -0.3 is 9.84 Å². The molecule has 0 aromatic heterocycles. The van der Waals surface area contributed by atoms with Crippen LogP contribution in [0.5, 0.6) is 0 Å². The van der Waals surface area contributed by atoms with Gasteiger partial charge in [-0.05, 0) is 92.8 Å². The van der Waals surface area contributed by atoms with Gasteiger partial charge in [-0.2, -0.15) is 0 Å². The van der Waals surface area contributed by atoms with Crippen LogP contribution in [0.2, 0.25) is 0 Å². The summed E-state index contributed by atoms with van der Waals surface area (Å²) in [6, 6.07) is 0. The van der Waals surface area contributed by atoms with Gasteiger partial charge >= 0.3 is 0 Å². The minimum atomic E-state index is -0.0850. The van der Waals surface area contributed by atoms with E-state index in [4.69, 9.17) is 4.74 Å². The second kappa shape index (κ2) is 13.5. The molecule has 0 spiro atoms. The Balaban J connectivity index is 0.000000860. The number of aliphatic hydroxyl groups excluding tert-OH is 1. The van der Waals surface area contributed by atoms with Gasteiger partial charge in [-0.3, -0.25) is 0 Å². The molecule has 0 saturated heterocycles. The van der Waals surface area contributed by atoms with Gasteiger partial charge in [0.2, 0.25) is 0 Å². The number of fused-ring (bicyclic) bond motifs is 5. The fourth-order valence-corrected chi connectivity index (χ4v) is 8.08. The summed E-state index contributed by atoms with van der Waals surface area (Å²) < 4.78 is 6.08. The smallest absolute Gasteiger partial charge is 0.0602 e. The van der Waals surface area contributed by atoms with Gasteiger partial charge in [-0.15, -0.1) is 0 Å². The Morgan fingerprint density at radius 1 is 0.969 bits per heavy atom. The van der Waals surface area contributed by atoms with Crippen LogP contribution in [0.1, 0.15) is 125 Å². The molecule has 32 heavy (non-hydrogen) atoms. The van der Waals surface area contributed by atoms with Gasteiger partial charge in [-0.25, -0.2) is 0 Å². The zero-order chi connectivity index (χ0) is 23.7. The Morgan fingerprint density at radius 3 is 2.38 bits per heavy atom. The summed E-state index contributed by atoms with van der Waals surface area (Å²) in [6.07, 6.45) is 19.8. The van der Waals surface area contributed by atoms with E-state index < -0.39 is 0 Å². The van der Waals surface area contributed by atoms with Gasteiger partial charge in [-0.1, -0.05) is 78.9 Å². The zero-order valence-corrected chi connectivity index (χ0v) is 22.7. The van der Waals surface area contributed by atoms with Crippen LogP contribution in [0, 0.1) is 35.0 Å². The first-order valence-electron chi connectivity index (χ1n) is 14.5. The van der Waals surface area contributed by atoms with Gasteiger partial charge in [0.1, 0.15) is 0 Å². The maximum absolute atomic E-state index is 10.2. The molecule has 0 amide bonds. The molecule has 3 fully saturated rings. The van der Waals surface area contributed by atoms with Crippen molar-refractivity contribution in [1.29, 1.82) is 0 Å². The van der Waals surface area contributed by atoms with Crippen molar-refractivity contribution in [2.24, 2.45) is 35.0 Å². The lowest BCUT2D eigenvalue weighted by Crippen LogP contribution is -2.48. The Labute approximate surface area is 201 Å². The topological polar surface area (TPSA) is 29.5 Å². The summed E-state index contributed by atoms with van der Waals surface area (Å²) in [7, 11) is 1.97. The van der Waals surface area contributed by atoms with E-state index in [-0.39, 0.29) is 6.10 Å². The number of rotatable bonds is 7. The highest BCUT2D eigenvalue weighted by Gasteiger charge is 2.54. The molecule has 8 atom stereocenters. The second-order valence-electron chi connectivity index (χ2n) is 10.8. The van der Waals surface area contributed by atoms with E-state index in [0.717, 1.165) is 42.4 Å². The summed E-state index contributed by atoms with van der Waals surface area (Å²) in [5, 5.41) is 10.2. The maximum Gasteiger partial charge on any atom is 0.0602 e. The fourth-order valence-electron chi connectivity index (χ4n) is 8.08. The Bertz CT molecular complexity index is 555. The van der Waals surface area contributed by atoms with Crippen molar-refractivity contribution in [3.8, 4) is 0 Å². The molecule has 3 saturated carbocycles. The molecular formula is C30H56O2. The summed E-state index contributed by atoms with van der Waals surface area (Å²) >= 11 is 0. The molecular weight excluding hydrogens is 392 g/mol. The lowest BCUT2D eigenvalue weighted by Gasteiger charge is -2.55. The first kappa shape index (κ1) is 27.9. The number of allylic oxidation sites excluding steroid dienone is 1. The SMILES string of the molecule is CC.CC.CCCCCCC(OC)C1CCC2C1CCC1C2CC=C2C[C@@H](O)CC[C@@]21C. The molecule has 2 nitrogen and oxygen atoms in total. The molecule has 0 heterocycles. The molecule has 0 aromatic rings. The molecule has 0 aromatic carbocycles. The highest BCUT2D eigenvalue weighted by molar-refractivity contribution is 5.24. The van der Waals surface area contributed by atoms with E-state index in [1.807, 2.05) is 34.8 Å². The Kier molecular flexibility index (Phi) is 11.8. The van der Waals surface area contributed by atoms with Crippen LogP contribution in [-0.2, 0) is 4.74 Å². The number of methoxy groups -OCH3 is 1. The van der Waals surface area contributed by atoms with E-state index in [1.165, 1.54) is 70.6 Å². The van der Waals surface area contributed by atoms with E-state index in [2.05, 4.69) is 19.9 Å². The van der Waals surface area contributed by atoms with Crippen LogP contribution in [0.4, 0.5) is 0 Å². The summed E-state index contributed by atoms with van der Waals surface area (Å²) in [5.74, 6) is 4.41. The predicted molar refractivity (Wildman–Crippen MR) is 139 cm³/mol. The van der Waals surface area contributed by atoms with Crippen LogP contribution in [0.15, 0.2) is 11.6 Å². The third-order valence-electron chi connectivity index (χ3n) is 9.57. The van der Waals surface area contributed by atoms with Crippen molar-refractivity contribution in [2.75, 3.05) is 7.11 Å². The molecule has 2 heteroatoms. The molecule has 4 aliphatic carbocycles. The monoisotopic (exact) mass is 448 g/mol. The minimum Gasteiger partial charge on any atom is -0.393 e. The van der Waals surface area contributed by atoms with Crippen molar-refractivity contribution < 1.29 is 9.84 Å². The van der Waals surface area contributed by atoms with Crippen molar-refractivity contribution in [3.05, 3.63) is 11.6 Å². The highest BCUT2D eigenvalue weighted by Crippen LogP contribution is 2.62. The second-order valence-corrected chi connectivity index (χ2v) is 10.8. The highest BCUT2D eigenvalue weighted by atomic mass is 16.5. The number of aliphatic hydroxyl groups is 1. The van der Waals surface area contributed by atoms with Crippen LogP contribution in [-0.4, -0.2) is 24.4 Å². The van der Waals surface area contributed by atoms with Crippen LogP contribution >= 0.6 is 0 Å². The average Bonchev–Trinajstić information content (AvgIpc) is 3.26. The lowest BCUT2D eigenvalue weighted by molar-refractivity contribution is -0.0338. The van der Waals surface area contributed by atoms with Gasteiger partial charge in [0.25, 0.3) is 0 Å². The van der Waals surface area contributed by atoms with Crippen molar-refractivity contribution >= 4 is 0 Å². The van der Waals surface area contributed by atoms with Crippen molar-refractivity contribution in [1.82, 2.24) is 0 Å². The minimum absolute atomic E-state index is 0.0850. The fraction of sp³-hybridized carbons (Fsp3) is 0.933. The molecule has 4 rings (SSSR count). The Morgan fingerprint density at radius 2 is 1.69 bits per heavy atom. The molecule has 4 aliphatic rings. The standard InChI is InChI=1S/C26H44O2.2C2H6/c1-4-5-6-7-8-25(28-3)23-12-11-20-21(23)13-14-24-22(20)10-9-18-17-19(27)15-16-26(18,24)2;2*1-2/h9,19-25,27H,4-8,10-17H2,1-3H3;2*1-2H3/t19-,20?,21?,22?,23?,24?,25?,26-;;/m0../s1. The number of unbranched alkanes of at least 4 members (excludes halogenated alkanes) is 3. The summed E-state index contributed by atoms with van der Waals surface area (Å²) in [6.45, 7) is 12.8. The van der Waals surface area contributed by atoms with Crippen molar-refractivity contribution in [2.45, 2.75) is 137 Å². The van der Waals surface area contributed by atoms with Crippen LogP contribution < -0.4 is 0 Å². The Hall–Kier alpha value is -0.340. The maximum atomic E-state index is 10.2. The van der Waals surface area contributed by atoms with E-state index in [9.17, 15) is 5.11 Å². The van der Waals surface area contributed by atoms with E-state index in [0.29, 0.717) is 11.5 Å². The predicted octanol–water partition coefficient (Wildman–Crippen LogP) is 8.57.